The van der Waals surface area contributed by atoms with E-state index in [2.05, 4.69) is 21.2 Å². The first-order valence-electron chi connectivity index (χ1n) is 8.68. The number of hydrogen-bond donors (Lipinski definition) is 1. The minimum absolute atomic E-state index is 0.383. The molecule has 0 bridgehead atoms. The van der Waals surface area contributed by atoms with Crippen LogP contribution in [0.4, 0.5) is 11.4 Å². The van der Waals surface area contributed by atoms with E-state index in [4.69, 9.17) is 9.47 Å². The third kappa shape index (κ3) is 5.87. The number of carbonyl (C=O) groups is 1. The van der Waals surface area contributed by atoms with E-state index in [1.807, 2.05) is 13.8 Å². The van der Waals surface area contributed by atoms with E-state index in [1.54, 1.807) is 42.5 Å². The molecule has 7 nitrogen and oxygen atoms in total. The smallest absolute Gasteiger partial charge is 0.245 e. The second-order valence-corrected chi connectivity index (χ2v) is 8.55. The van der Waals surface area contributed by atoms with Gasteiger partial charge in [0, 0.05) is 10.5 Å². The largest absolute Gasteiger partial charge is 0.494 e. The Kier molecular flexibility index (Phi) is 7.70. The van der Waals surface area contributed by atoms with Gasteiger partial charge < -0.3 is 14.8 Å². The molecule has 28 heavy (non-hydrogen) atoms. The summed E-state index contributed by atoms with van der Waals surface area (Å²) >= 11 is 3.33. The van der Waals surface area contributed by atoms with Gasteiger partial charge in [0.05, 0.1) is 30.8 Å². The highest BCUT2D eigenvalue weighted by molar-refractivity contribution is 9.10. The zero-order valence-corrected chi connectivity index (χ0v) is 18.3. The molecule has 1 amide bonds. The molecule has 0 aliphatic carbocycles. The molecule has 0 unspecified atom stereocenters. The van der Waals surface area contributed by atoms with Crippen molar-refractivity contribution in [3.8, 4) is 11.5 Å². The molecule has 0 spiro atoms. The zero-order chi connectivity index (χ0) is 20.7. The highest BCUT2D eigenvalue weighted by Crippen LogP contribution is 2.30. The Hall–Kier alpha value is -2.26. The number of carbonyl (C=O) groups excluding carboxylic acids is 1. The Labute approximate surface area is 173 Å². The van der Waals surface area contributed by atoms with Crippen molar-refractivity contribution in [3.05, 3.63) is 46.9 Å². The number of nitrogens with one attached hydrogen (secondary N) is 1. The summed E-state index contributed by atoms with van der Waals surface area (Å²) in [6, 6.07) is 11.9. The molecule has 0 aliphatic heterocycles. The molecule has 2 rings (SSSR count). The lowest BCUT2D eigenvalue weighted by molar-refractivity contribution is -0.114. The molecule has 0 saturated carbocycles. The summed E-state index contributed by atoms with van der Waals surface area (Å²) in [7, 11) is -3.68. The Bertz CT molecular complexity index is 934. The van der Waals surface area contributed by atoms with Crippen LogP contribution in [0, 0.1) is 0 Å². The van der Waals surface area contributed by atoms with E-state index in [1.165, 1.54) is 0 Å². The number of amides is 1. The van der Waals surface area contributed by atoms with Crippen LogP contribution in [0.1, 0.15) is 13.8 Å². The molecule has 9 heteroatoms. The fraction of sp³-hybridized carbons (Fsp3) is 0.316. The van der Waals surface area contributed by atoms with Crippen molar-refractivity contribution in [3.63, 3.8) is 0 Å². The highest BCUT2D eigenvalue weighted by atomic mass is 79.9. The predicted octanol–water partition coefficient (Wildman–Crippen LogP) is 3.65. The fourth-order valence-electron chi connectivity index (χ4n) is 2.50. The number of anilines is 2. The fourth-order valence-corrected chi connectivity index (χ4v) is 3.98. The molecule has 0 fully saturated rings. The first-order valence-corrected chi connectivity index (χ1v) is 11.3. The minimum atomic E-state index is -3.68. The van der Waals surface area contributed by atoms with Gasteiger partial charge in [-0.2, -0.15) is 0 Å². The summed E-state index contributed by atoms with van der Waals surface area (Å²) in [4.78, 5) is 12.7. The van der Waals surface area contributed by atoms with Crippen LogP contribution in [0.2, 0.25) is 0 Å². The number of nitrogens with zero attached hydrogens (tertiary/aromatic N) is 1. The molecule has 1 N–H and O–H groups in total. The van der Waals surface area contributed by atoms with Crippen LogP contribution >= 0.6 is 15.9 Å². The monoisotopic (exact) mass is 470 g/mol. The van der Waals surface area contributed by atoms with Crippen molar-refractivity contribution in [1.82, 2.24) is 0 Å². The Morgan fingerprint density at radius 3 is 2.39 bits per heavy atom. The van der Waals surface area contributed by atoms with Gasteiger partial charge in [0.1, 0.15) is 18.0 Å². The van der Waals surface area contributed by atoms with Crippen LogP contribution in [0.5, 0.6) is 11.5 Å². The topological polar surface area (TPSA) is 84.9 Å². The van der Waals surface area contributed by atoms with Crippen molar-refractivity contribution >= 4 is 43.2 Å². The summed E-state index contributed by atoms with van der Waals surface area (Å²) in [5.41, 5.74) is 0.798. The molecule has 0 heterocycles. The summed E-state index contributed by atoms with van der Waals surface area (Å²) in [6.07, 6.45) is 1.06. The van der Waals surface area contributed by atoms with Crippen LogP contribution < -0.4 is 19.1 Å². The van der Waals surface area contributed by atoms with E-state index in [0.29, 0.717) is 40.6 Å². The highest BCUT2D eigenvalue weighted by Gasteiger charge is 2.23. The van der Waals surface area contributed by atoms with Gasteiger partial charge in [0.15, 0.2) is 0 Å². The van der Waals surface area contributed by atoms with Crippen LogP contribution in [0.3, 0.4) is 0 Å². The van der Waals surface area contributed by atoms with Crippen molar-refractivity contribution < 1.29 is 22.7 Å². The van der Waals surface area contributed by atoms with E-state index >= 15 is 0 Å². The van der Waals surface area contributed by atoms with Gasteiger partial charge >= 0.3 is 0 Å². The Morgan fingerprint density at radius 2 is 1.79 bits per heavy atom. The quantitative estimate of drug-likeness (QED) is 0.604. The third-order valence-corrected chi connectivity index (χ3v) is 5.44. The molecular formula is C19H23BrN2O5S. The van der Waals surface area contributed by atoms with Crippen molar-refractivity contribution in [2.45, 2.75) is 13.8 Å². The lowest BCUT2D eigenvalue weighted by Crippen LogP contribution is -2.37. The zero-order valence-electron chi connectivity index (χ0n) is 15.9. The minimum Gasteiger partial charge on any atom is -0.494 e. The Morgan fingerprint density at radius 1 is 1.11 bits per heavy atom. The molecule has 0 aliphatic rings. The average Bonchev–Trinajstić information content (AvgIpc) is 2.62. The van der Waals surface area contributed by atoms with E-state index < -0.39 is 15.9 Å². The number of benzene rings is 2. The van der Waals surface area contributed by atoms with Crippen LogP contribution in [-0.2, 0) is 14.8 Å². The predicted molar refractivity (Wildman–Crippen MR) is 114 cm³/mol. The van der Waals surface area contributed by atoms with Crippen molar-refractivity contribution in [1.29, 1.82) is 0 Å². The van der Waals surface area contributed by atoms with Gasteiger partial charge in [0.25, 0.3) is 0 Å². The van der Waals surface area contributed by atoms with Gasteiger partial charge in [-0.25, -0.2) is 8.42 Å². The molecule has 152 valence electrons. The second kappa shape index (κ2) is 9.79. The lowest BCUT2D eigenvalue weighted by atomic mass is 10.2. The maximum absolute atomic E-state index is 12.7. The van der Waals surface area contributed by atoms with Crippen molar-refractivity contribution in [2.75, 3.05) is 35.6 Å². The third-order valence-electron chi connectivity index (χ3n) is 3.64. The maximum atomic E-state index is 12.7. The van der Waals surface area contributed by atoms with Crippen LogP contribution in [0.15, 0.2) is 46.9 Å². The Balaban J connectivity index is 2.28. The summed E-state index contributed by atoms with van der Waals surface area (Å²) in [5, 5.41) is 2.72. The molecule has 2 aromatic rings. The summed E-state index contributed by atoms with van der Waals surface area (Å²) in [5.74, 6) is 0.550. The SMILES string of the molecule is CCOc1ccc(OCC)c(NC(=O)CN(c2ccccc2Br)S(C)(=O)=O)c1. The van der Waals surface area contributed by atoms with E-state index in [-0.39, 0.29) is 6.54 Å². The average molecular weight is 471 g/mol. The standard InChI is InChI=1S/C19H23BrN2O5S/c1-4-26-14-10-11-18(27-5-2)16(12-14)21-19(23)13-22(28(3,24)25)17-9-7-6-8-15(17)20/h6-12H,4-5,13H2,1-3H3,(H,21,23). The molecule has 0 aromatic heterocycles. The second-order valence-electron chi connectivity index (χ2n) is 5.79. The molecular weight excluding hydrogens is 448 g/mol. The van der Waals surface area contributed by atoms with Gasteiger partial charge in [-0.05, 0) is 54.0 Å². The first kappa shape index (κ1) is 22.0. The van der Waals surface area contributed by atoms with Crippen LogP contribution in [0.25, 0.3) is 0 Å². The number of para-hydroxylation sites is 1. The lowest BCUT2D eigenvalue weighted by Gasteiger charge is -2.23. The molecule has 0 saturated heterocycles. The number of sulfonamides is 1. The van der Waals surface area contributed by atoms with Gasteiger partial charge in [-0.3, -0.25) is 9.10 Å². The van der Waals surface area contributed by atoms with Gasteiger partial charge in [0.2, 0.25) is 15.9 Å². The van der Waals surface area contributed by atoms with E-state index in [9.17, 15) is 13.2 Å². The normalized spacial score (nSPS) is 11.0. The summed E-state index contributed by atoms with van der Waals surface area (Å²) < 4.78 is 37.1. The van der Waals surface area contributed by atoms with E-state index in [0.717, 1.165) is 10.6 Å². The van der Waals surface area contributed by atoms with Gasteiger partial charge in [-0.15, -0.1) is 0 Å². The number of halogens is 1. The summed E-state index contributed by atoms with van der Waals surface area (Å²) in [6.45, 7) is 4.21. The van der Waals surface area contributed by atoms with Crippen LogP contribution in [-0.4, -0.2) is 40.3 Å². The molecule has 0 atom stereocenters. The number of rotatable bonds is 9. The molecule has 0 radical (unpaired) electrons. The number of ether oxygens (including phenoxy) is 2. The molecule has 2 aromatic carbocycles. The van der Waals surface area contributed by atoms with Gasteiger partial charge in [-0.1, -0.05) is 12.1 Å². The van der Waals surface area contributed by atoms with Crippen molar-refractivity contribution in [2.24, 2.45) is 0 Å². The maximum Gasteiger partial charge on any atom is 0.245 e. The number of hydrogen-bond acceptors (Lipinski definition) is 5. The first-order chi connectivity index (χ1) is 13.3.